The number of hydrogen-bond donors (Lipinski definition) is 4. The molecular formula is C20H32N4O. The third kappa shape index (κ3) is 4.98. The number of guanidine groups is 1. The molecule has 0 saturated carbocycles. The van der Waals surface area contributed by atoms with Crippen molar-refractivity contribution >= 4 is 16.9 Å². The molecule has 1 aromatic heterocycles. The lowest BCUT2D eigenvalue weighted by molar-refractivity contribution is 0.0418. The second-order valence-corrected chi connectivity index (χ2v) is 6.61. The highest BCUT2D eigenvalue weighted by molar-refractivity contribution is 5.86. The number of nitrogens with one attached hydrogen (secondary N) is 3. The predicted octanol–water partition coefficient (Wildman–Crippen LogP) is 3.13. The van der Waals surface area contributed by atoms with Crippen LogP contribution < -0.4 is 10.6 Å². The van der Waals surface area contributed by atoms with Crippen LogP contribution >= 0.6 is 0 Å². The van der Waals surface area contributed by atoms with Gasteiger partial charge in [0.05, 0.1) is 12.1 Å². The van der Waals surface area contributed by atoms with Crippen molar-refractivity contribution in [2.24, 2.45) is 4.99 Å². The van der Waals surface area contributed by atoms with Crippen LogP contribution in [0.2, 0.25) is 0 Å². The van der Waals surface area contributed by atoms with Crippen molar-refractivity contribution in [3.8, 4) is 0 Å². The van der Waals surface area contributed by atoms with Crippen LogP contribution in [-0.2, 0) is 6.42 Å². The molecule has 2 rings (SSSR count). The number of para-hydroxylation sites is 1. The van der Waals surface area contributed by atoms with E-state index < -0.39 is 5.60 Å². The summed E-state index contributed by atoms with van der Waals surface area (Å²) in [6.45, 7) is 10.2. The molecule has 2 aromatic rings. The van der Waals surface area contributed by atoms with E-state index in [2.05, 4.69) is 51.9 Å². The maximum atomic E-state index is 10.4. The minimum Gasteiger partial charge on any atom is -0.388 e. The quantitative estimate of drug-likeness (QED) is 0.439. The van der Waals surface area contributed by atoms with E-state index in [1.807, 2.05) is 20.8 Å². The molecule has 0 spiro atoms. The Labute approximate surface area is 150 Å². The van der Waals surface area contributed by atoms with Crippen LogP contribution in [-0.4, -0.2) is 41.3 Å². The number of nitrogens with zero attached hydrogens (tertiary/aromatic N) is 1. The second-order valence-electron chi connectivity index (χ2n) is 6.61. The Hall–Kier alpha value is -2.01. The van der Waals surface area contributed by atoms with Crippen molar-refractivity contribution in [2.75, 3.05) is 19.6 Å². The first-order valence-electron chi connectivity index (χ1n) is 9.33. The highest BCUT2D eigenvalue weighted by Crippen LogP contribution is 2.21. The molecule has 138 valence electrons. The summed E-state index contributed by atoms with van der Waals surface area (Å²) < 4.78 is 0. The summed E-state index contributed by atoms with van der Waals surface area (Å²) in [7, 11) is 0. The average Bonchev–Trinajstić information content (AvgIpc) is 3.04. The Morgan fingerprint density at radius 2 is 1.96 bits per heavy atom. The number of aryl methyl sites for hydroxylation is 1. The van der Waals surface area contributed by atoms with Crippen LogP contribution in [0.3, 0.4) is 0 Å². The van der Waals surface area contributed by atoms with Crippen LogP contribution in [0.15, 0.2) is 29.4 Å². The lowest BCUT2D eigenvalue weighted by atomic mass is 9.98. The molecular weight excluding hydrogens is 312 g/mol. The molecule has 0 bridgehead atoms. The molecule has 0 fully saturated rings. The van der Waals surface area contributed by atoms with Gasteiger partial charge in [0.2, 0.25) is 0 Å². The van der Waals surface area contributed by atoms with Gasteiger partial charge in [-0.3, -0.25) is 4.99 Å². The van der Waals surface area contributed by atoms with Crippen LogP contribution in [0.4, 0.5) is 0 Å². The highest BCUT2D eigenvalue weighted by Gasteiger charge is 2.21. The van der Waals surface area contributed by atoms with E-state index in [9.17, 15) is 5.11 Å². The topological polar surface area (TPSA) is 72.4 Å². The van der Waals surface area contributed by atoms with Crippen molar-refractivity contribution in [3.05, 3.63) is 35.5 Å². The van der Waals surface area contributed by atoms with Crippen molar-refractivity contribution in [1.29, 1.82) is 0 Å². The van der Waals surface area contributed by atoms with Crippen molar-refractivity contribution in [2.45, 2.75) is 52.6 Å². The molecule has 0 unspecified atom stereocenters. The van der Waals surface area contributed by atoms with Crippen LogP contribution in [0, 0.1) is 6.92 Å². The molecule has 0 saturated heterocycles. The lowest BCUT2D eigenvalue weighted by Crippen LogP contribution is -2.40. The summed E-state index contributed by atoms with van der Waals surface area (Å²) in [5.74, 6) is 0.763. The van der Waals surface area contributed by atoms with Crippen LogP contribution in [0.5, 0.6) is 0 Å². The van der Waals surface area contributed by atoms with Gasteiger partial charge >= 0.3 is 0 Å². The lowest BCUT2D eigenvalue weighted by Gasteiger charge is -2.23. The number of fused-ring (bicyclic) bond motifs is 1. The van der Waals surface area contributed by atoms with Gasteiger partial charge in [-0.05, 0) is 44.2 Å². The molecule has 1 heterocycles. The van der Waals surface area contributed by atoms with Gasteiger partial charge in [-0.15, -0.1) is 0 Å². The fourth-order valence-corrected chi connectivity index (χ4v) is 2.93. The maximum Gasteiger partial charge on any atom is 0.191 e. The first-order valence-corrected chi connectivity index (χ1v) is 9.33. The van der Waals surface area contributed by atoms with E-state index in [0.717, 1.165) is 25.5 Å². The standard InChI is InChI=1S/C20H32N4O/c1-5-20(25,6-2)14-24-19(21-7-3)22-12-11-16-13-23-18-15(4)9-8-10-17(16)18/h8-10,13,23,25H,5-7,11-12,14H2,1-4H3,(H2,21,22,24). The fourth-order valence-electron chi connectivity index (χ4n) is 2.93. The minimum atomic E-state index is -0.712. The van der Waals surface area contributed by atoms with Crippen LogP contribution in [0.1, 0.15) is 44.7 Å². The SMILES string of the molecule is CCNC(=NCC(O)(CC)CC)NCCc1c[nH]c2c(C)cccc12. The molecule has 4 N–H and O–H groups in total. The van der Waals surface area contributed by atoms with Gasteiger partial charge in [-0.25, -0.2) is 0 Å². The molecule has 5 heteroatoms. The number of benzene rings is 1. The number of aliphatic imine (C=N–C) groups is 1. The van der Waals surface area contributed by atoms with E-state index in [1.165, 1.54) is 22.0 Å². The van der Waals surface area contributed by atoms with Gasteiger partial charge in [0.1, 0.15) is 0 Å². The van der Waals surface area contributed by atoms with Gasteiger partial charge in [0.15, 0.2) is 5.96 Å². The van der Waals surface area contributed by atoms with Crippen molar-refractivity contribution in [3.63, 3.8) is 0 Å². The Morgan fingerprint density at radius 3 is 2.64 bits per heavy atom. The van der Waals surface area contributed by atoms with E-state index in [-0.39, 0.29) is 0 Å². The zero-order valence-electron chi connectivity index (χ0n) is 15.9. The van der Waals surface area contributed by atoms with Gasteiger partial charge in [0, 0.05) is 30.2 Å². The third-order valence-electron chi connectivity index (χ3n) is 4.89. The zero-order valence-corrected chi connectivity index (χ0v) is 15.9. The maximum absolute atomic E-state index is 10.4. The van der Waals surface area contributed by atoms with Gasteiger partial charge < -0.3 is 20.7 Å². The molecule has 0 atom stereocenters. The third-order valence-corrected chi connectivity index (χ3v) is 4.89. The molecule has 1 aromatic carbocycles. The number of hydrogen-bond acceptors (Lipinski definition) is 2. The van der Waals surface area contributed by atoms with Gasteiger partial charge in [0.25, 0.3) is 0 Å². The summed E-state index contributed by atoms with van der Waals surface area (Å²) >= 11 is 0. The van der Waals surface area contributed by atoms with E-state index in [4.69, 9.17) is 0 Å². The zero-order chi connectivity index (χ0) is 18.3. The second kappa shape index (κ2) is 8.90. The smallest absolute Gasteiger partial charge is 0.191 e. The van der Waals surface area contributed by atoms with Gasteiger partial charge in [-0.1, -0.05) is 32.0 Å². The Bertz CT molecular complexity index is 701. The Kier molecular flexibility index (Phi) is 6.88. The number of H-pyrrole nitrogens is 1. The normalized spacial score (nSPS) is 12.6. The molecule has 0 radical (unpaired) electrons. The van der Waals surface area contributed by atoms with Crippen molar-refractivity contribution < 1.29 is 5.11 Å². The van der Waals surface area contributed by atoms with E-state index in [1.54, 1.807) is 0 Å². The number of aromatic amines is 1. The highest BCUT2D eigenvalue weighted by atomic mass is 16.3. The fraction of sp³-hybridized carbons (Fsp3) is 0.550. The summed E-state index contributed by atoms with van der Waals surface area (Å²) in [6.07, 6.45) is 4.43. The van der Waals surface area contributed by atoms with E-state index >= 15 is 0 Å². The summed E-state index contributed by atoms with van der Waals surface area (Å²) in [5.41, 5.74) is 3.08. The Balaban J connectivity index is 1.97. The molecule has 25 heavy (non-hydrogen) atoms. The molecule has 0 aliphatic heterocycles. The van der Waals surface area contributed by atoms with Crippen molar-refractivity contribution in [1.82, 2.24) is 15.6 Å². The van der Waals surface area contributed by atoms with Gasteiger partial charge in [-0.2, -0.15) is 0 Å². The minimum absolute atomic E-state index is 0.418. The predicted molar refractivity (Wildman–Crippen MR) is 106 cm³/mol. The first kappa shape index (κ1) is 19.3. The summed E-state index contributed by atoms with van der Waals surface area (Å²) in [4.78, 5) is 7.93. The molecule has 5 nitrogen and oxygen atoms in total. The first-order chi connectivity index (χ1) is 12.0. The van der Waals surface area contributed by atoms with Crippen LogP contribution in [0.25, 0.3) is 10.9 Å². The number of aromatic nitrogens is 1. The van der Waals surface area contributed by atoms with E-state index in [0.29, 0.717) is 19.4 Å². The summed E-state index contributed by atoms with van der Waals surface area (Å²) in [6, 6.07) is 6.39. The molecule has 0 amide bonds. The molecule has 0 aliphatic rings. The number of rotatable bonds is 8. The number of aliphatic hydroxyl groups is 1. The summed E-state index contributed by atoms with van der Waals surface area (Å²) in [5, 5.41) is 18.3. The molecule has 0 aliphatic carbocycles. The average molecular weight is 345 g/mol. The largest absolute Gasteiger partial charge is 0.388 e. The monoisotopic (exact) mass is 344 g/mol. The Morgan fingerprint density at radius 1 is 1.20 bits per heavy atom.